The van der Waals surface area contributed by atoms with Crippen molar-refractivity contribution in [2.24, 2.45) is 5.41 Å². The van der Waals surface area contributed by atoms with Gasteiger partial charge in [0.25, 0.3) is 5.91 Å². The Morgan fingerprint density at radius 2 is 1.98 bits per heavy atom. The lowest BCUT2D eigenvalue weighted by molar-refractivity contribution is 0.0566. The lowest BCUT2D eigenvalue weighted by Crippen LogP contribution is -2.67. The summed E-state index contributed by atoms with van der Waals surface area (Å²) in [7, 11) is 3.01. The van der Waals surface area contributed by atoms with E-state index < -0.39 is 41.4 Å². The number of carbonyl (C=O) groups excluding carboxylic acids is 1. The first-order chi connectivity index (χ1) is 21.3. The lowest BCUT2D eigenvalue weighted by Gasteiger charge is -2.52. The highest BCUT2D eigenvalue weighted by atomic mass is 19.3. The van der Waals surface area contributed by atoms with Crippen LogP contribution in [-0.4, -0.2) is 62.6 Å². The topological polar surface area (TPSA) is 131 Å². The quantitative estimate of drug-likeness (QED) is 0.260. The van der Waals surface area contributed by atoms with Crippen LogP contribution in [0.4, 0.5) is 23.8 Å². The van der Waals surface area contributed by atoms with Crippen molar-refractivity contribution in [2.75, 3.05) is 19.5 Å². The first-order valence-corrected chi connectivity index (χ1v) is 14.6. The van der Waals surface area contributed by atoms with Crippen LogP contribution in [0.2, 0.25) is 0 Å². The number of alkyl halides is 2. The van der Waals surface area contributed by atoms with Crippen LogP contribution >= 0.6 is 0 Å². The molecule has 1 aliphatic heterocycles. The number of nitrogens with one attached hydrogen (secondary N) is 2. The van der Waals surface area contributed by atoms with E-state index in [0.717, 1.165) is 25.2 Å². The highest BCUT2D eigenvalue weighted by molar-refractivity contribution is 6.04. The molecule has 0 spiro atoms. The molecule has 1 aromatic carbocycles. The Bertz CT molecular complexity index is 1610. The standard InChI is InChI=1S/C31H37F3N6O5/c1-30(2,3)31(38-29(42)43)11-7-6-8-22(31)36-26-24(32)20-16-39(14-17-9-10-19(44-4)12-21(17)45-5)27(41)23(20)25(37-26)18-13-35-40(15-18)28(33)34/h9-10,12-13,15,22,28,38H,6-8,11,14,16H2,1-5H3,(H,36,37)(H,42,43). The summed E-state index contributed by atoms with van der Waals surface area (Å²) in [4.78, 5) is 31.8. The zero-order chi connectivity index (χ0) is 32.7. The zero-order valence-corrected chi connectivity index (χ0v) is 25.8. The molecule has 3 aromatic rings. The summed E-state index contributed by atoms with van der Waals surface area (Å²) in [5.41, 5.74) is -0.781. The third-order valence-corrected chi connectivity index (χ3v) is 8.90. The Morgan fingerprint density at radius 1 is 1.22 bits per heavy atom. The molecule has 0 radical (unpaired) electrons. The number of halogens is 3. The molecular formula is C31H37F3N6O5. The van der Waals surface area contributed by atoms with Gasteiger partial charge < -0.3 is 30.1 Å². The van der Waals surface area contributed by atoms with Gasteiger partial charge in [-0.3, -0.25) is 4.79 Å². The van der Waals surface area contributed by atoms with Gasteiger partial charge in [-0.15, -0.1) is 0 Å². The molecular weight excluding hydrogens is 593 g/mol. The number of carbonyl (C=O) groups is 2. The van der Waals surface area contributed by atoms with E-state index in [0.29, 0.717) is 34.6 Å². The van der Waals surface area contributed by atoms with E-state index in [2.05, 4.69) is 20.7 Å². The number of nitrogens with zero attached hydrogens (tertiary/aromatic N) is 4. The fourth-order valence-electron chi connectivity index (χ4n) is 6.56. The van der Waals surface area contributed by atoms with Gasteiger partial charge in [-0.2, -0.15) is 13.9 Å². The van der Waals surface area contributed by atoms with Gasteiger partial charge in [-0.1, -0.05) is 33.6 Å². The predicted molar refractivity (Wildman–Crippen MR) is 159 cm³/mol. The first-order valence-electron chi connectivity index (χ1n) is 14.6. The largest absolute Gasteiger partial charge is 0.497 e. The van der Waals surface area contributed by atoms with Crippen molar-refractivity contribution in [3.63, 3.8) is 0 Å². The molecule has 3 heterocycles. The molecule has 2 amide bonds. The van der Waals surface area contributed by atoms with E-state index in [9.17, 15) is 23.5 Å². The number of fused-ring (bicyclic) bond motifs is 1. The molecule has 1 aliphatic carbocycles. The van der Waals surface area contributed by atoms with Crippen molar-refractivity contribution in [1.82, 2.24) is 25.0 Å². The van der Waals surface area contributed by atoms with Crippen LogP contribution in [0.3, 0.4) is 0 Å². The van der Waals surface area contributed by atoms with E-state index in [1.165, 1.54) is 19.1 Å². The van der Waals surface area contributed by atoms with Gasteiger partial charge in [-0.05, 0) is 30.4 Å². The Kier molecular flexibility index (Phi) is 8.60. The van der Waals surface area contributed by atoms with Crippen molar-refractivity contribution in [2.45, 2.75) is 77.7 Å². The van der Waals surface area contributed by atoms with Crippen LogP contribution in [0.25, 0.3) is 11.3 Å². The van der Waals surface area contributed by atoms with E-state index in [1.54, 1.807) is 18.2 Å². The van der Waals surface area contributed by atoms with Crippen molar-refractivity contribution >= 4 is 17.8 Å². The summed E-state index contributed by atoms with van der Waals surface area (Å²) in [6, 6.07) is 4.58. The monoisotopic (exact) mass is 630 g/mol. The zero-order valence-electron chi connectivity index (χ0n) is 25.8. The van der Waals surface area contributed by atoms with Gasteiger partial charge in [0.05, 0.1) is 49.8 Å². The minimum Gasteiger partial charge on any atom is -0.497 e. The third-order valence-electron chi connectivity index (χ3n) is 8.90. The van der Waals surface area contributed by atoms with Gasteiger partial charge in [0.1, 0.15) is 11.5 Å². The summed E-state index contributed by atoms with van der Waals surface area (Å²) in [6.45, 7) is 2.77. The van der Waals surface area contributed by atoms with Gasteiger partial charge in [0.15, 0.2) is 11.6 Å². The van der Waals surface area contributed by atoms with Crippen LogP contribution < -0.4 is 20.1 Å². The average molecular weight is 631 g/mol. The molecule has 3 N–H and O–H groups in total. The van der Waals surface area contributed by atoms with Crippen molar-refractivity contribution in [3.8, 4) is 22.8 Å². The Balaban J connectivity index is 1.59. The van der Waals surface area contributed by atoms with E-state index >= 15 is 4.39 Å². The fraction of sp³-hybridized carbons (Fsp3) is 0.484. The molecule has 1 fully saturated rings. The van der Waals surface area contributed by atoms with Gasteiger partial charge in [-0.25, -0.2) is 18.9 Å². The molecule has 45 heavy (non-hydrogen) atoms. The minimum absolute atomic E-state index is 0.00152. The Morgan fingerprint density at radius 3 is 2.60 bits per heavy atom. The molecule has 5 rings (SSSR count). The maximum atomic E-state index is 16.5. The number of ether oxygens (including phenoxy) is 2. The number of carboxylic acid groups (broad SMARTS) is 1. The number of benzene rings is 1. The summed E-state index contributed by atoms with van der Waals surface area (Å²) in [5.74, 6) is -0.467. The number of anilines is 1. The molecule has 2 atom stereocenters. The number of amides is 2. The van der Waals surface area contributed by atoms with Crippen molar-refractivity contribution < 1.29 is 37.3 Å². The molecule has 1 saturated carbocycles. The summed E-state index contributed by atoms with van der Waals surface area (Å²) < 4.78 is 54.6. The smallest absolute Gasteiger partial charge is 0.405 e. The second-order valence-electron chi connectivity index (χ2n) is 12.4. The van der Waals surface area contributed by atoms with Crippen molar-refractivity contribution in [3.05, 3.63) is 53.1 Å². The summed E-state index contributed by atoms with van der Waals surface area (Å²) in [5, 5.41) is 19.4. The van der Waals surface area contributed by atoms with Crippen molar-refractivity contribution in [1.29, 1.82) is 0 Å². The molecule has 2 unspecified atom stereocenters. The van der Waals surface area contributed by atoms with Crippen LogP contribution in [-0.2, 0) is 13.1 Å². The number of hydrogen-bond acceptors (Lipinski definition) is 7. The molecule has 11 nitrogen and oxygen atoms in total. The highest BCUT2D eigenvalue weighted by Gasteiger charge is 2.51. The van der Waals surface area contributed by atoms with Crippen LogP contribution in [0.15, 0.2) is 30.6 Å². The number of pyridine rings is 1. The summed E-state index contributed by atoms with van der Waals surface area (Å²) >= 11 is 0. The first kappa shape index (κ1) is 31.9. The Hall–Kier alpha value is -4.49. The number of rotatable bonds is 9. The third kappa shape index (κ3) is 5.85. The summed E-state index contributed by atoms with van der Waals surface area (Å²) in [6.07, 6.45) is 3.60. The molecule has 14 heteroatoms. The number of hydrogen-bond donors (Lipinski definition) is 3. The van der Waals surface area contributed by atoms with Crippen LogP contribution in [0.5, 0.6) is 11.5 Å². The molecule has 2 aliphatic rings. The number of methoxy groups -OCH3 is 2. The minimum atomic E-state index is -2.93. The maximum absolute atomic E-state index is 16.5. The Labute approximate surface area is 258 Å². The maximum Gasteiger partial charge on any atom is 0.405 e. The average Bonchev–Trinajstić information content (AvgIpc) is 3.61. The second kappa shape index (κ2) is 12.1. The SMILES string of the molecule is COc1ccc(CN2Cc3c(F)c(NC4CCCCC4(NC(=O)O)C(C)(C)C)nc(-c4cnn(C(F)F)c4)c3C2=O)c(OC)c1. The molecule has 242 valence electrons. The molecule has 0 saturated heterocycles. The highest BCUT2D eigenvalue weighted by Crippen LogP contribution is 2.45. The lowest BCUT2D eigenvalue weighted by atomic mass is 9.63. The van der Waals surface area contributed by atoms with Gasteiger partial charge >= 0.3 is 12.6 Å². The fourth-order valence-corrected chi connectivity index (χ4v) is 6.56. The van der Waals surface area contributed by atoms with Gasteiger partial charge in [0, 0.05) is 35.5 Å². The molecule has 2 aromatic heterocycles. The van der Waals surface area contributed by atoms with Crippen LogP contribution in [0.1, 0.15) is 74.5 Å². The van der Waals surface area contributed by atoms with Gasteiger partial charge in [0.2, 0.25) is 0 Å². The normalized spacial score (nSPS) is 19.9. The number of aromatic nitrogens is 3. The second-order valence-corrected chi connectivity index (χ2v) is 12.4. The van der Waals surface area contributed by atoms with E-state index in [4.69, 9.17) is 9.47 Å². The van der Waals surface area contributed by atoms with E-state index in [1.807, 2.05) is 20.8 Å². The van der Waals surface area contributed by atoms with E-state index in [-0.39, 0.29) is 41.3 Å². The predicted octanol–water partition coefficient (Wildman–Crippen LogP) is 6.06. The molecule has 0 bridgehead atoms. The van der Waals surface area contributed by atoms with Crippen LogP contribution in [0, 0.1) is 11.2 Å².